The third kappa shape index (κ3) is 9.57. The van der Waals surface area contributed by atoms with Gasteiger partial charge in [-0.2, -0.15) is 0 Å². The normalized spacial score (nSPS) is 22.5. The van der Waals surface area contributed by atoms with Gasteiger partial charge in [0.15, 0.2) is 0 Å². The topological polar surface area (TPSA) is 154 Å². The number of carbonyl (C=O) groups is 4. The first-order valence-corrected chi connectivity index (χ1v) is 24.6. The maximum Gasteiger partial charge on any atom is 0.329 e. The molecule has 3 amide bonds. The van der Waals surface area contributed by atoms with Crippen molar-refractivity contribution in [2.45, 2.75) is 94.9 Å². The van der Waals surface area contributed by atoms with Crippen LogP contribution in [0.3, 0.4) is 0 Å². The minimum atomic E-state index is -1.17. The molecule has 68 heavy (non-hydrogen) atoms. The molecule has 354 valence electrons. The van der Waals surface area contributed by atoms with Gasteiger partial charge in [-0.05, 0) is 146 Å². The summed E-state index contributed by atoms with van der Waals surface area (Å²) >= 11 is 6.34. The van der Waals surface area contributed by atoms with Gasteiger partial charge in [-0.3, -0.25) is 24.4 Å². The van der Waals surface area contributed by atoms with Gasteiger partial charge < -0.3 is 30.3 Å². The van der Waals surface area contributed by atoms with E-state index in [9.17, 15) is 24.3 Å². The van der Waals surface area contributed by atoms with Crippen molar-refractivity contribution in [1.29, 1.82) is 0 Å². The highest BCUT2D eigenvalue weighted by Crippen LogP contribution is 2.56. The number of anilines is 1. The van der Waals surface area contributed by atoms with Crippen molar-refractivity contribution >= 4 is 41.0 Å². The average Bonchev–Trinajstić information content (AvgIpc) is 3.64. The zero-order valence-corrected chi connectivity index (χ0v) is 40.0. The Morgan fingerprint density at radius 3 is 2.41 bits per heavy atom. The summed E-state index contributed by atoms with van der Waals surface area (Å²) in [7, 11) is 1.57. The van der Waals surface area contributed by atoms with Crippen LogP contribution in [0.25, 0.3) is 11.1 Å². The molecule has 1 aliphatic heterocycles. The Hall–Kier alpha value is -6.27. The summed E-state index contributed by atoms with van der Waals surface area (Å²) in [6, 6.07) is 26.8. The fraction of sp³-hybridized carbons (Fsp3) is 0.418. The van der Waals surface area contributed by atoms with E-state index < -0.39 is 11.5 Å². The quantitative estimate of drug-likeness (QED) is 0.105. The number of aryl methyl sites for hydroxylation is 1. The summed E-state index contributed by atoms with van der Waals surface area (Å²) in [6.07, 6.45) is 10.9. The number of rotatable bonds is 13. The zero-order chi connectivity index (χ0) is 47.6. The van der Waals surface area contributed by atoms with Crippen LogP contribution in [0.4, 0.5) is 5.69 Å². The molecule has 12 nitrogen and oxygen atoms in total. The molecular weight excluding hydrogens is 876 g/mol. The second-order valence-corrected chi connectivity index (χ2v) is 20.1. The molecule has 0 bridgehead atoms. The molecule has 0 radical (unpaired) electrons. The van der Waals surface area contributed by atoms with Crippen LogP contribution in [0.5, 0.6) is 5.75 Å². The number of carbonyl (C=O) groups excluding carboxylic acids is 3. The number of aromatic nitrogens is 2. The summed E-state index contributed by atoms with van der Waals surface area (Å²) < 4.78 is 6.62. The van der Waals surface area contributed by atoms with E-state index in [2.05, 4.69) is 46.6 Å². The number of fused-ring (bicyclic) bond motifs is 3. The monoisotopic (exact) mass is 936 g/mol. The van der Waals surface area contributed by atoms with E-state index in [1.54, 1.807) is 31.4 Å². The molecule has 1 saturated heterocycles. The van der Waals surface area contributed by atoms with E-state index in [1.807, 2.05) is 70.6 Å². The fourth-order valence-electron chi connectivity index (χ4n) is 11.5. The van der Waals surface area contributed by atoms with Gasteiger partial charge in [-0.1, -0.05) is 67.9 Å². The number of hydrogen-bond donors (Lipinski definition) is 3. The molecule has 2 aromatic heterocycles. The molecule has 3 heterocycles. The van der Waals surface area contributed by atoms with Crippen molar-refractivity contribution in [1.82, 2.24) is 25.1 Å². The van der Waals surface area contributed by atoms with Gasteiger partial charge in [0, 0.05) is 78.7 Å². The second kappa shape index (κ2) is 19.8. The Bertz CT molecular complexity index is 2690. The molecule has 13 heteroatoms. The lowest BCUT2D eigenvalue weighted by molar-refractivity contribution is -0.144. The highest BCUT2D eigenvalue weighted by atomic mass is 35.5. The first-order chi connectivity index (χ1) is 32.8. The van der Waals surface area contributed by atoms with Crippen LogP contribution in [0.2, 0.25) is 5.02 Å². The number of nitrogens with one attached hydrogen (secondary N) is 2. The van der Waals surface area contributed by atoms with Gasteiger partial charge in [0.25, 0.3) is 11.8 Å². The second-order valence-electron chi connectivity index (χ2n) is 19.6. The van der Waals surface area contributed by atoms with Gasteiger partial charge in [0.2, 0.25) is 5.91 Å². The standard InChI is InChI=1S/C55H61ClN6O6/c1-35(34-68-48-17-22-58-46-12-4-7-36(2)50(46)48)27-42-30-39-13-14-40(31-45(39)54(42)18-20-55(21-19-54,53(66)67)60-44-11-6-10-43(56)32-44)52(65)62-25-23-61(24-26-62)49(63)29-37-8-5-9-38(28-37)41-15-16-47(59-33-41)51(64)57-3/h5-6,8-11,13-17,22,28,31-33,35-36,42,60H,4,7,12,18-21,23-27,29-30,34H2,1-3H3,(H,57,64)(H,66,67)/t35-,36-,42+,54?,55?/m1/s1. The number of piperazine rings is 1. The number of amides is 3. The molecule has 1 saturated carbocycles. The number of aliphatic carboxylic acids is 1. The average molecular weight is 938 g/mol. The molecule has 5 aromatic rings. The number of halogens is 1. The molecule has 9 rings (SSSR count). The van der Waals surface area contributed by atoms with E-state index in [-0.39, 0.29) is 41.4 Å². The van der Waals surface area contributed by atoms with E-state index in [1.165, 1.54) is 11.1 Å². The fourth-order valence-corrected chi connectivity index (χ4v) is 11.7. The predicted molar refractivity (Wildman–Crippen MR) is 263 cm³/mol. The van der Waals surface area contributed by atoms with Gasteiger partial charge >= 0.3 is 5.97 Å². The molecule has 1 spiro atoms. The molecule has 4 aliphatic rings. The lowest BCUT2D eigenvalue weighted by atomic mass is 9.59. The third-order valence-corrected chi connectivity index (χ3v) is 15.5. The van der Waals surface area contributed by atoms with Crippen LogP contribution >= 0.6 is 11.6 Å². The summed E-state index contributed by atoms with van der Waals surface area (Å²) in [4.78, 5) is 65.8. The van der Waals surface area contributed by atoms with Crippen molar-refractivity contribution < 1.29 is 29.0 Å². The largest absolute Gasteiger partial charge is 0.493 e. The lowest BCUT2D eigenvalue weighted by Crippen LogP contribution is -2.53. The van der Waals surface area contributed by atoms with Gasteiger partial charge in [-0.15, -0.1) is 0 Å². The van der Waals surface area contributed by atoms with Crippen molar-refractivity contribution in [2.24, 2.45) is 11.8 Å². The number of nitrogens with zero attached hydrogens (tertiary/aromatic N) is 4. The van der Waals surface area contributed by atoms with Gasteiger partial charge in [0.05, 0.1) is 13.0 Å². The van der Waals surface area contributed by atoms with Crippen molar-refractivity contribution in [2.75, 3.05) is 45.2 Å². The molecule has 3 aliphatic carbocycles. The number of hydrogen-bond acceptors (Lipinski definition) is 8. The van der Waals surface area contributed by atoms with E-state index in [4.69, 9.17) is 16.3 Å². The van der Waals surface area contributed by atoms with Crippen molar-refractivity contribution in [3.63, 3.8) is 0 Å². The summed E-state index contributed by atoms with van der Waals surface area (Å²) in [5.41, 5.74) is 7.56. The van der Waals surface area contributed by atoms with Crippen molar-refractivity contribution in [3.8, 4) is 16.9 Å². The first-order valence-electron chi connectivity index (χ1n) is 24.2. The van der Waals surface area contributed by atoms with E-state index >= 15 is 0 Å². The number of benzene rings is 3. The Kier molecular flexibility index (Phi) is 13.6. The first kappa shape index (κ1) is 46.8. The van der Waals surface area contributed by atoms with Crippen LogP contribution in [-0.4, -0.2) is 93.9 Å². The third-order valence-electron chi connectivity index (χ3n) is 15.3. The van der Waals surface area contributed by atoms with E-state index in [0.717, 1.165) is 65.8 Å². The Balaban J connectivity index is 0.891. The Morgan fingerprint density at radius 2 is 1.68 bits per heavy atom. The summed E-state index contributed by atoms with van der Waals surface area (Å²) in [5.74, 6) is 0.614. The maximum atomic E-state index is 14.4. The number of carboxylic acid groups (broad SMARTS) is 1. The number of pyridine rings is 2. The van der Waals surface area contributed by atoms with Crippen LogP contribution in [-0.2, 0) is 34.3 Å². The minimum Gasteiger partial charge on any atom is -0.493 e. The van der Waals surface area contributed by atoms with Gasteiger partial charge in [-0.25, -0.2) is 4.79 Å². The highest BCUT2D eigenvalue weighted by Gasteiger charge is 2.54. The van der Waals surface area contributed by atoms with Gasteiger partial charge in [0.1, 0.15) is 17.0 Å². The van der Waals surface area contributed by atoms with E-state index in [0.29, 0.717) is 86.4 Å². The zero-order valence-electron chi connectivity index (χ0n) is 39.2. The molecule has 3 N–H and O–H groups in total. The highest BCUT2D eigenvalue weighted by molar-refractivity contribution is 6.30. The lowest BCUT2D eigenvalue weighted by Gasteiger charge is -2.47. The maximum absolute atomic E-state index is 14.4. The van der Waals surface area contributed by atoms with Crippen LogP contribution in [0.15, 0.2) is 97.3 Å². The molecular formula is C55H61ClN6O6. The van der Waals surface area contributed by atoms with Crippen LogP contribution in [0, 0.1) is 11.8 Å². The summed E-state index contributed by atoms with van der Waals surface area (Å²) in [5, 5.41) is 17.3. The summed E-state index contributed by atoms with van der Waals surface area (Å²) in [6.45, 7) is 6.80. The Labute approximate surface area is 403 Å². The SMILES string of the molecule is CNC(=O)c1ccc(-c2cccc(CC(=O)N3CCN(C(=O)c4ccc5c(c4)C4(CCC(Nc6cccc(Cl)c6)(C(=O)O)CC4)[C@@H](C[C@@H](C)COc4ccnc6c4[C@H](C)CCC6)C5)CC3)c2)cn1. The number of carboxylic acids is 1. The predicted octanol–water partition coefficient (Wildman–Crippen LogP) is 9.15. The molecule has 2 fully saturated rings. The molecule has 3 atom stereocenters. The molecule has 0 unspecified atom stereocenters. The molecule has 3 aromatic carbocycles. The Morgan fingerprint density at radius 1 is 0.897 bits per heavy atom. The van der Waals surface area contributed by atoms with Crippen molar-refractivity contribution in [3.05, 3.63) is 142 Å². The number of ether oxygens (including phenoxy) is 1. The van der Waals surface area contributed by atoms with Crippen LogP contribution < -0.4 is 15.4 Å². The van der Waals surface area contributed by atoms with Crippen LogP contribution in [0.1, 0.15) is 114 Å². The minimum absolute atomic E-state index is 0.00163. The smallest absolute Gasteiger partial charge is 0.329 e.